The van der Waals surface area contributed by atoms with Crippen molar-refractivity contribution in [2.45, 2.75) is 0 Å². The summed E-state index contributed by atoms with van der Waals surface area (Å²) in [6.45, 7) is 0.468. The normalized spacial score (nSPS) is 10.4. The van der Waals surface area contributed by atoms with Gasteiger partial charge in [-0.15, -0.1) is 0 Å². The van der Waals surface area contributed by atoms with E-state index in [0.717, 1.165) is 17.5 Å². The number of hydrogen-bond donors (Lipinski definition) is 1. The molecule has 0 spiro atoms. The number of anilines is 1. The summed E-state index contributed by atoms with van der Waals surface area (Å²) in [5.74, 6) is 0.475. The van der Waals surface area contributed by atoms with E-state index in [0.29, 0.717) is 12.3 Å². The molecule has 5 nitrogen and oxygen atoms in total. The topological polar surface area (TPSA) is 59.0 Å². The zero-order valence-corrected chi connectivity index (χ0v) is 10.7. The van der Waals surface area contributed by atoms with Crippen LogP contribution >= 0.6 is 0 Å². The average molecular weight is 251 g/mol. The van der Waals surface area contributed by atoms with Crippen molar-refractivity contribution >= 4 is 11.7 Å². The molecule has 0 amide bonds. The van der Waals surface area contributed by atoms with Gasteiger partial charge < -0.3 is 19.5 Å². The number of methoxy groups -OCH3 is 2. The summed E-state index contributed by atoms with van der Waals surface area (Å²) in [6, 6.07) is 5.46. The van der Waals surface area contributed by atoms with Crippen molar-refractivity contribution in [2.75, 3.05) is 32.7 Å². The Morgan fingerprint density at radius 2 is 2.11 bits per heavy atom. The van der Waals surface area contributed by atoms with Gasteiger partial charge in [0.05, 0.1) is 19.9 Å². The molecule has 1 aromatic rings. The van der Waals surface area contributed by atoms with Gasteiger partial charge in [0, 0.05) is 25.7 Å². The smallest absolute Gasteiger partial charge is 0.328 e. The molecule has 0 aliphatic rings. The summed E-state index contributed by atoms with van der Waals surface area (Å²) < 4.78 is 10.4. The third-order valence-electron chi connectivity index (χ3n) is 2.44. The van der Waals surface area contributed by atoms with Crippen LogP contribution in [0.3, 0.4) is 0 Å². The first kappa shape index (κ1) is 13.9. The molecule has 5 heteroatoms. The van der Waals surface area contributed by atoms with E-state index >= 15 is 0 Å². The Labute approximate surface area is 106 Å². The molecule has 0 saturated carbocycles. The second kappa shape index (κ2) is 6.54. The van der Waals surface area contributed by atoms with Gasteiger partial charge in [0.2, 0.25) is 0 Å². The second-order valence-electron chi connectivity index (χ2n) is 3.66. The minimum atomic E-state index is -0.957. The number of aliphatic carboxylic acids is 1. The van der Waals surface area contributed by atoms with Crippen molar-refractivity contribution in [2.24, 2.45) is 0 Å². The minimum absolute atomic E-state index is 0.468. The Kier molecular flexibility index (Phi) is 5.05. The lowest BCUT2D eigenvalue weighted by molar-refractivity contribution is -0.131. The van der Waals surface area contributed by atoms with Crippen LogP contribution in [0.25, 0.3) is 0 Å². The predicted molar refractivity (Wildman–Crippen MR) is 69.6 cm³/mol. The first-order chi connectivity index (χ1) is 8.58. The molecule has 1 aromatic carbocycles. The quantitative estimate of drug-likeness (QED) is 0.781. The Bertz CT molecular complexity index is 443. The van der Waals surface area contributed by atoms with E-state index in [4.69, 9.17) is 14.6 Å². The predicted octanol–water partition coefficient (Wildman–Crippen LogP) is 1.78. The summed E-state index contributed by atoms with van der Waals surface area (Å²) >= 11 is 0. The summed E-state index contributed by atoms with van der Waals surface area (Å²) in [7, 11) is 5.03. The summed E-state index contributed by atoms with van der Waals surface area (Å²) in [5, 5.41) is 8.53. The number of carboxylic acids is 1. The van der Waals surface area contributed by atoms with E-state index in [2.05, 4.69) is 0 Å². The zero-order chi connectivity index (χ0) is 13.5. The van der Waals surface area contributed by atoms with Crippen LogP contribution < -0.4 is 14.4 Å². The summed E-state index contributed by atoms with van der Waals surface area (Å²) in [6.07, 6.45) is 2.68. The fourth-order valence-electron chi connectivity index (χ4n) is 1.51. The number of likely N-dealkylation sites (N-methyl/N-ethyl adjacent to an activating group) is 1. The zero-order valence-electron chi connectivity index (χ0n) is 10.7. The van der Waals surface area contributed by atoms with Gasteiger partial charge in [0.25, 0.3) is 0 Å². The molecule has 18 heavy (non-hydrogen) atoms. The van der Waals surface area contributed by atoms with Gasteiger partial charge in [-0.3, -0.25) is 0 Å². The van der Waals surface area contributed by atoms with Crippen LogP contribution in [0.1, 0.15) is 0 Å². The van der Waals surface area contributed by atoms with Crippen LogP contribution in [0.5, 0.6) is 11.5 Å². The van der Waals surface area contributed by atoms with Crippen molar-refractivity contribution in [3.05, 3.63) is 30.4 Å². The largest absolute Gasteiger partial charge is 0.497 e. The molecule has 1 N–H and O–H groups in total. The van der Waals surface area contributed by atoms with Gasteiger partial charge in [0.15, 0.2) is 0 Å². The Hall–Kier alpha value is -2.17. The highest BCUT2D eigenvalue weighted by molar-refractivity contribution is 5.79. The van der Waals surface area contributed by atoms with Crippen LogP contribution in [-0.4, -0.2) is 38.9 Å². The highest BCUT2D eigenvalue weighted by Crippen LogP contribution is 2.31. The van der Waals surface area contributed by atoms with Gasteiger partial charge in [-0.25, -0.2) is 4.79 Å². The molecule has 0 bridgehead atoms. The van der Waals surface area contributed by atoms with E-state index < -0.39 is 5.97 Å². The highest BCUT2D eigenvalue weighted by Gasteiger charge is 2.08. The molecule has 1 rings (SSSR count). The van der Waals surface area contributed by atoms with E-state index in [1.54, 1.807) is 20.3 Å². The summed E-state index contributed by atoms with van der Waals surface area (Å²) in [5.41, 5.74) is 0.840. The number of nitrogens with zero attached hydrogens (tertiary/aromatic N) is 1. The van der Waals surface area contributed by atoms with Gasteiger partial charge >= 0.3 is 5.97 Å². The van der Waals surface area contributed by atoms with Crippen molar-refractivity contribution in [1.29, 1.82) is 0 Å². The van der Waals surface area contributed by atoms with Crippen LogP contribution in [-0.2, 0) is 4.79 Å². The number of benzene rings is 1. The molecule has 0 unspecified atom stereocenters. The lowest BCUT2D eigenvalue weighted by Gasteiger charge is -2.20. The molecule has 0 saturated heterocycles. The molecule has 98 valence electrons. The molecule has 0 aliphatic carbocycles. The molecule has 0 atom stereocenters. The number of carboxylic acid groups (broad SMARTS) is 1. The maximum atomic E-state index is 10.4. The Morgan fingerprint density at radius 3 is 2.67 bits per heavy atom. The summed E-state index contributed by atoms with van der Waals surface area (Å²) in [4.78, 5) is 12.3. The highest BCUT2D eigenvalue weighted by atomic mass is 16.5. The molecular weight excluding hydrogens is 234 g/mol. The number of rotatable bonds is 6. The molecule has 0 aromatic heterocycles. The van der Waals surface area contributed by atoms with Gasteiger partial charge in [-0.2, -0.15) is 0 Å². The maximum absolute atomic E-state index is 10.4. The van der Waals surface area contributed by atoms with Crippen LogP contribution in [0, 0.1) is 0 Å². The second-order valence-corrected chi connectivity index (χ2v) is 3.66. The molecule has 0 heterocycles. The third kappa shape index (κ3) is 3.69. The molecule has 0 fully saturated rings. The third-order valence-corrected chi connectivity index (χ3v) is 2.44. The van der Waals surface area contributed by atoms with Crippen molar-refractivity contribution in [3.63, 3.8) is 0 Å². The van der Waals surface area contributed by atoms with E-state index in [1.165, 1.54) is 0 Å². The standard InChI is InChI=1S/C13H17NO4/c1-14(8-4-5-13(15)16)11-9-10(17-2)6-7-12(11)18-3/h4-7,9H,8H2,1-3H3,(H,15,16)/b5-4+. The van der Waals surface area contributed by atoms with E-state index in [-0.39, 0.29) is 0 Å². The fourth-order valence-corrected chi connectivity index (χ4v) is 1.51. The lowest BCUT2D eigenvalue weighted by atomic mass is 10.2. The number of hydrogen-bond acceptors (Lipinski definition) is 4. The molecular formula is C13H17NO4. The SMILES string of the molecule is COc1ccc(OC)c(N(C)C/C=C/C(=O)O)c1. The van der Waals surface area contributed by atoms with E-state index in [1.807, 2.05) is 30.1 Å². The molecule has 0 aliphatic heterocycles. The Balaban J connectivity index is 2.88. The maximum Gasteiger partial charge on any atom is 0.328 e. The number of carbonyl (C=O) groups is 1. The van der Waals surface area contributed by atoms with Crippen LogP contribution in [0.2, 0.25) is 0 Å². The van der Waals surface area contributed by atoms with Crippen molar-refractivity contribution < 1.29 is 19.4 Å². The van der Waals surface area contributed by atoms with Gasteiger partial charge in [0.1, 0.15) is 11.5 Å². The lowest BCUT2D eigenvalue weighted by Crippen LogP contribution is -2.18. The van der Waals surface area contributed by atoms with Crippen molar-refractivity contribution in [3.8, 4) is 11.5 Å². The van der Waals surface area contributed by atoms with Gasteiger partial charge in [-0.1, -0.05) is 6.08 Å². The Morgan fingerprint density at radius 1 is 1.39 bits per heavy atom. The van der Waals surface area contributed by atoms with Gasteiger partial charge in [-0.05, 0) is 12.1 Å². The first-order valence-electron chi connectivity index (χ1n) is 5.41. The fraction of sp³-hybridized carbons (Fsp3) is 0.308. The van der Waals surface area contributed by atoms with Crippen molar-refractivity contribution in [1.82, 2.24) is 0 Å². The van der Waals surface area contributed by atoms with Crippen LogP contribution in [0.4, 0.5) is 5.69 Å². The monoisotopic (exact) mass is 251 g/mol. The van der Waals surface area contributed by atoms with E-state index in [9.17, 15) is 4.79 Å². The molecule has 0 radical (unpaired) electrons. The number of ether oxygens (including phenoxy) is 2. The minimum Gasteiger partial charge on any atom is -0.497 e. The van der Waals surface area contributed by atoms with Crippen LogP contribution in [0.15, 0.2) is 30.4 Å². The average Bonchev–Trinajstić information content (AvgIpc) is 2.37. The first-order valence-corrected chi connectivity index (χ1v) is 5.41.